The third-order valence-corrected chi connectivity index (χ3v) is 3.46. The van der Waals surface area contributed by atoms with Crippen LogP contribution < -0.4 is 0 Å². The highest BCUT2D eigenvalue weighted by Gasteiger charge is 2.56. The van der Waals surface area contributed by atoms with Crippen molar-refractivity contribution in [2.75, 3.05) is 0 Å². The highest BCUT2D eigenvalue weighted by molar-refractivity contribution is 6.42. The Kier molecular flexibility index (Phi) is 3.63. The Morgan fingerprint density at radius 3 is 2.45 bits per heavy atom. The second-order valence-electron chi connectivity index (χ2n) is 4.11. The summed E-state index contributed by atoms with van der Waals surface area (Å²) in [7, 11) is 0. The monoisotopic (exact) mass is 322 g/mol. The van der Waals surface area contributed by atoms with Crippen LogP contribution in [-0.2, 0) is 5.60 Å². The number of alkyl halides is 3. The Hall–Kier alpha value is -1.42. The molecule has 8 heteroatoms. The SMILES string of the molecule is C#CCC(O)(c1nc2cc(Cl)c(Cl)cc2[nH]1)C(F)(F)F. The van der Waals surface area contributed by atoms with Gasteiger partial charge in [0.05, 0.1) is 27.5 Å². The Morgan fingerprint density at radius 2 is 1.90 bits per heavy atom. The number of terminal acetylenes is 1. The van der Waals surface area contributed by atoms with E-state index >= 15 is 0 Å². The van der Waals surface area contributed by atoms with Crippen molar-refractivity contribution in [3.05, 3.63) is 28.0 Å². The van der Waals surface area contributed by atoms with Crippen molar-refractivity contribution in [1.29, 1.82) is 0 Å². The lowest BCUT2D eigenvalue weighted by molar-refractivity contribution is -0.267. The molecule has 0 fully saturated rings. The van der Waals surface area contributed by atoms with Gasteiger partial charge in [0.15, 0.2) is 0 Å². The highest BCUT2D eigenvalue weighted by atomic mass is 35.5. The Labute approximate surface area is 121 Å². The van der Waals surface area contributed by atoms with Gasteiger partial charge in [-0.05, 0) is 12.1 Å². The van der Waals surface area contributed by atoms with Crippen molar-refractivity contribution in [1.82, 2.24) is 9.97 Å². The lowest BCUT2D eigenvalue weighted by Crippen LogP contribution is -2.43. The van der Waals surface area contributed by atoms with Crippen LogP contribution in [0.25, 0.3) is 11.0 Å². The van der Waals surface area contributed by atoms with Gasteiger partial charge in [-0.15, -0.1) is 12.3 Å². The molecular weight excluding hydrogens is 316 g/mol. The number of hydrogen-bond donors (Lipinski definition) is 2. The van der Waals surface area contributed by atoms with Gasteiger partial charge in [-0.25, -0.2) is 4.98 Å². The van der Waals surface area contributed by atoms with E-state index in [1.807, 2.05) is 0 Å². The number of halogens is 5. The lowest BCUT2D eigenvalue weighted by Gasteiger charge is -2.26. The molecule has 0 saturated heterocycles. The van der Waals surface area contributed by atoms with E-state index in [1.54, 1.807) is 5.92 Å². The molecule has 2 N–H and O–H groups in total. The molecule has 0 aliphatic rings. The van der Waals surface area contributed by atoms with E-state index in [4.69, 9.17) is 29.6 Å². The summed E-state index contributed by atoms with van der Waals surface area (Å²) in [5.74, 6) is 1.10. The van der Waals surface area contributed by atoms with Crippen molar-refractivity contribution < 1.29 is 18.3 Å². The third-order valence-electron chi connectivity index (χ3n) is 2.74. The van der Waals surface area contributed by atoms with Crippen LogP contribution in [0.4, 0.5) is 13.2 Å². The first kappa shape index (κ1) is 15.0. The molecule has 1 heterocycles. The molecular formula is C12H7Cl2F3N2O. The second-order valence-corrected chi connectivity index (χ2v) is 4.92. The number of H-pyrrole nitrogens is 1. The zero-order chi connectivity index (χ0) is 15.1. The van der Waals surface area contributed by atoms with Crippen LogP contribution in [0, 0.1) is 12.3 Å². The van der Waals surface area contributed by atoms with Gasteiger partial charge in [0.25, 0.3) is 0 Å². The zero-order valence-corrected chi connectivity index (χ0v) is 11.2. The lowest BCUT2D eigenvalue weighted by atomic mass is 9.99. The van der Waals surface area contributed by atoms with Crippen LogP contribution in [0.5, 0.6) is 0 Å². The minimum atomic E-state index is -4.97. The summed E-state index contributed by atoms with van der Waals surface area (Å²) in [5.41, 5.74) is -2.89. The standard InChI is InChI=1S/C12H7Cl2F3N2O/c1-2-3-11(20,12(15,16)17)10-18-8-4-6(13)7(14)5-9(8)19-10/h1,4-5,20H,3H2,(H,18,19). The highest BCUT2D eigenvalue weighted by Crippen LogP contribution is 2.41. The van der Waals surface area contributed by atoms with Gasteiger partial charge in [0, 0.05) is 0 Å². The molecule has 106 valence electrons. The molecule has 0 radical (unpaired) electrons. The quantitative estimate of drug-likeness (QED) is 0.829. The summed E-state index contributed by atoms with van der Waals surface area (Å²) in [5, 5.41) is 10.1. The van der Waals surface area contributed by atoms with Gasteiger partial charge in [-0.2, -0.15) is 13.2 Å². The fourth-order valence-electron chi connectivity index (χ4n) is 1.67. The summed E-state index contributed by atoms with van der Waals surface area (Å²) < 4.78 is 39.0. The summed E-state index contributed by atoms with van der Waals surface area (Å²) >= 11 is 11.5. The maximum absolute atomic E-state index is 13.0. The fourth-order valence-corrected chi connectivity index (χ4v) is 1.99. The van der Waals surface area contributed by atoms with Crippen LogP contribution >= 0.6 is 23.2 Å². The second kappa shape index (κ2) is 4.85. The van der Waals surface area contributed by atoms with E-state index in [0.717, 1.165) is 0 Å². The van der Waals surface area contributed by atoms with Crippen molar-refractivity contribution in [3.8, 4) is 12.3 Å². The maximum Gasteiger partial charge on any atom is 0.425 e. The Bertz CT molecular complexity index is 666. The topological polar surface area (TPSA) is 48.9 Å². The molecule has 2 rings (SSSR count). The number of aliphatic hydroxyl groups is 1. The van der Waals surface area contributed by atoms with Crippen molar-refractivity contribution in [2.45, 2.75) is 18.2 Å². The van der Waals surface area contributed by atoms with Gasteiger partial charge in [-0.3, -0.25) is 0 Å². The molecule has 1 unspecified atom stereocenters. The number of benzene rings is 1. The Balaban J connectivity index is 2.64. The summed E-state index contributed by atoms with van der Waals surface area (Å²) in [6.07, 6.45) is -1.03. The normalized spacial score (nSPS) is 15.1. The average molecular weight is 323 g/mol. The van der Waals surface area contributed by atoms with Gasteiger partial charge >= 0.3 is 6.18 Å². The van der Waals surface area contributed by atoms with Gasteiger partial charge < -0.3 is 10.1 Å². The molecule has 0 amide bonds. The first-order valence-electron chi connectivity index (χ1n) is 5.27. The van der Waals surface area contributed by atoms with Gasteiger partial charge in [-0.1, -0.05) is 23.2 Å². The largest absolute Gasteiger partial charge is 0.425 e. The van der Waals surface area contributed by atoms with Crippen LogP contribution in [0.3, 0.4) is 0 Å². The van der Waals surface area contributed by atoms with Gasteiger partial charge in [0.1, 0.15) is 5.82 Å². The molecule has 0 aliphatic carbocycles. The molecule has 1 aromatic carbocycles. The molecule has 0 spiro atoms. The van der Waals surface area contributed by atoms with Gasteiger partial charge in [0.2, 0.25) is 5.60 Å². The van der Waals surface area contributed by atoms with E-state index in [2.05, 4.69) is 9.97 Å². The number of rotatable bonds is 2. The van der Waals surface area contributed by atoms with E-state index in [0.29, 0.717) is 0 Å². The van der Waals surface area contributed by atoms with Crippen molar-refractivity contribution in [2.24, 2.45) is 0 Å². The van der Waals surface area contributed by atoms with E-state index in [1.165, 1.54) is 12.1 Å². The summed E-state index contributed by atoms with van der Waals surface area (Å²) in [6, 6.07) is 2.62. The fraction of sp³-hybridized carbons (Fsp3) is 0.250. The number of nitrogens with zero attached hydrogens (tertiary/aromatic N) is 1. The molecule has 1 atom stereocenters. The molecule has 0 bridgehead atoms. The number of imidazole rings is 1. The number of nitrogens with one attached hydrogen (secondary N) is 1. The van der Waals surface area contributed by atoms with Crippen LogP contribution in [0.2, 0.25) is 10.0 Å². The minimum Gasteiger partial charge on any atom is -0.373 e. The molecule has 2 aromatic rings. The van der Waals surface area contributed by atoms with Crippen LogP contribution in [0.1, 0.15) is 12.2 Å². The average Bonchev–Trinajstić information content (AvgIpc) is 2.71. The molecule has 20 heavy (non-hydrogen) atoms. The number of fused-ring (bicyclic) bond motifs is 1. The van der Waals surface area contributed by atoms with E-state index < -0.39 is 24.0 Å². The minimum absolute atomic E-state index is 0.143. The Morgan fingerprint density at radius 1 is 1.30 bits per heavy atom. The number of aromatic amines is 1. The van der Waals surface area contributed by atoms with Crippen LogP contribution in [0.15, 0.2) is 12.1 Å². The predicted octanol–water partition coefficient (Wildman–Crippen LogP) is 3.64. The number of aromatic nitrogens is 2. The van der Waals surface area contributed by atoms with Crippen LogP contribution in [-0.4, -0.2) is 21.3 Å². The molecule has 1 aromatic heterocycles. The smallest absolute Gasteiger partial charge is 0.373 e. The van der Waals surface area contributed by atoms with Crippen molar-refractivity contribution in [3.63, 3.8) is 0 Å². The first-order valence-corrected chi connectivity index (χ1v) is 6.02. The molecule has 0 aliphatic heterocycles. The molecule has 3 nitrogen and oxygen atoms in total. The maximum atomic E-state index is 13.0. The van der Waals surface area contributed by atoms with E-state index in [9.17, 15) is 18.3 Å². The van der Waals surface area contributed by atoms with E-state index in [-0.39, 0.29) is 21.1 Å². The van der Waals surface area contributed by atoms with Crippen molar-refractivity contribution >= 4 is 34.2 Å². The predicted molar refractivity (Wildman–Crippen MR) is 69.5 cm³/mol. The molecule has 0 saturated carbocycles. The zero-order valence-electron chi connectivity index (χ0n) is 9.72. The first-order chi connectivity index (χ1) is 9.19. The third kappa shape index (κ3) is 2.33. The number of hydrogen-bond acceptors (Lipinski definition) is 2. The summed E-state index contributed by atoms with van der Waals surface area (Å²) in [6.45, 7) is 0. The summed E-state index contributed by atoms with van der Waals surface area (Å²) in [4.78, 5) is 6.08.